The summed E-state index contributed by atoms with van der Waals surface area (Å²) >= 11 is 0. The number of nitrogens with one attached hydrogen (secondary N) is 2. The predicted octanol–water partition coefficient (Wildman–Crippen LogP) is 1.61. The van der Waals surface area contributed by atoms with Crippen LogP contribution in [0.25, 0.3) is 0 Å². The van der Waals surface area contributed by atoms with Crippen molar-refractivity contribution in [3.8, 4) is 0 Å². The standard InChI is InChI=1S/C18H21N7O3/c1-23-10-15(26)25(18(23)28)14-6-2-5-13(8-14)21-17(27)24-7-3-4-12(9-24)16-19-11-20-22-16/h2,5-6,8,11-12H,3-4,7,9-10H2,1H3,(H,21,27)(H,19,20,22)/t12-/m1/s1. The highest BCUT2D eigenvalue weighted by Gasteiger charge is 2.35. The van der Waals surface area contributed by atoms with Crippen LogP contribution < -0.4 is 10.2 Å². The molecule has 2 aliphatic rings. The van der Waals surface area contributed by atoms with Crippen molar-refractivity contribution in [1.29, 1.82) is 0 Å². The van der Waals surface area contributed by atoms with Gasteiger partial charge in [-0.25, -0.2) is 19.5 Å². The Hall–Kier alpha value is -3.43. The molecule has 0 bridgehead atoms. The quantitative estimate of drug-likeness (QED) is 0.782. The van der Waals surface area contributed by atoms with Gasteiger partial charge in [0.1, 0.15) is 18.7 Å². The lowest BCUT2D eigenvalue weighted by molar-refractivity contribution is -0.116. The number of piperidine rings is 1. The molecule has 10 heteroatoms. The predicted molar refractivity (Wildman–Crippen MR) is 101 cm³/mol. The normalized spacial score (nSPS) is 20.0. The lowest BCUT2D eigenvalue weighted by Gasteiger charge is -2.31. The lowest BCUT2D eigenvalue weighted by Crippen LogP contribution is -2.41. The van der Waals surface area contributed by atoms with Gasteiger partial charge in [0.05, 0.1) is 5.69 Å². The van der Waals surface area contributed by atoms with E-state index in [0.717, 1.165) is 23.6 Å². The number of rotatable bonds is 3. The van der Waals surface area contributed by atoms with Crippen LogP contribution in [0.4, 0.5) is 21.0 Å². The van der Waals surface area contributed by atoms with Crippen molar-refractivity contribution in [3.05, 3.63) is 36.4 Å². The molecule has 28 heavy (non-hydrogen) atoms. The Bertz CT molecular complexity index is 898. The van der Waals surface area contributed by atoms with E-state index in [1.54, 1.807) is 36.2 Å². The molecule has 2 N–H and O–H groups in total. The third kappa shape index (κ3) is 3.40. The van der Waals surface area contributed by atoms with E-state index in [9.17, 15) is 14.4 Å². The van der Waals surface area contributed by atoms with Gasteiger partial charge in [-0.05, 0) is 31.0 Å². The van der Waals surface area contributed by atoms with Gasteiger partial charge >= 0.3 is 12.1 Å². The van der Waals surface area contributed by atoms with Gasteiger partial charge in [0.2, 0.25) is 0 Å². The maximum absolute atomic E-state index is 12.7. The zero-order valence-corrected chi connectivity index (χ0v) is 15.5. The first-order valence-electron chi connectivity index (χ1n) is 9.12. The molecule has 0 saturated carbocycles. The van der Waals surface area contributed by atoms with Crippen LogP contribution >= 0.6 is 0 Å². The molecule has 2 aromatic rings. The van der Waals surface area contributed by atoms with Crippen LogP contribution in [-0.4, -0.2) is 69.6 Å². The zero-order valence-electron chi connectivity index (χ0n) is 15.5. The third-order valence-corrected chi connectivity index (χ3v) is 5.02. The molecule has 0 spiro atoms. The molecule has 1 aromatic carbocycles. The number of urea groups is 2. The molecule has 3 heterocycles. The fourth-order valence-electron chi connectivity index (χ4n) is 3.59. The summed E-state index contributed by atoms with van der Waals surface area (Å²) in [4.78, 5) is 45.4. The van der Waals surface area contributed by atoms with E-state index in [1.807, 2.05) is 0 Å². The molecule has 2 aliphatic heterocycles. The summed E-state index contributed by atoms with van der Waals surface area (Å²) in [5, 5.41) is 9.62. The number of aromatic amines is 1. The first kappa shape index (κ1) is 18.0. The van der Waals surface area contributed by atoms with Gasteiger partial charge in [0.25, 0.3) is 5.91 Å². The molecule has 10 nitrogen and oxygen atoms in total. The number of carbonyl (C=O) groups excluding carboxylic acids is 3. The Kier molecular flexibility index (Phi) is 4.68. The van der Waals surface area contributed by atoms with Gasteiger partial charge in [0, 0.05) is 31.7 Å². The van der Waals surface area contributed by atoms with Crippen molar-refractivity contribution in [2.45, 2.75) is 18.8 Å². The minimum atomic E-state index is -0.376. The Labute approximate surface area is 161 Å². The van der Waals surface area contributed by atoms with Crippen molar-refractivity contribution in [2.24, 2.45) is 0 Å². The molecule has 1 atom stereocenters. The number of likely N-dealkylation sites (N-methyl/N-ethyl adjacent to an activating group) is 1. The number of imide groups is 1. The molecule has 5 amide bonds. The molecule has 0 radical (unpaired) electrons. The summed E-state index contributed by atoms with van der Waals surface area (Å²) in [6.07, 6.45) is 3.29. The molecule has 2 saturated heterocycles. The second kappa shape index (κ2) is 7.29. The highest BCUT2D eigenvalue weighted by molar-refractivity contribution is 6.19. The smallest absolute Gasteiger partial charge is 0.324 e. The number of hydrogen-bond acceptors (Lipinski definition) is 5. The number of aromatic nitrogens is 3. The van der Waals surface area contributed by atoms with Gasteiger partial charge in [-0.2, -0.15) is 5.10 Å². The lowest BCUT2D eigenvalue weighted by atomic mass is 9.98. The van der Waals surface area contributed by atoms with E-state index in [0.29, 0.717) is 24.5 Å². The van der Waals surface area contributed by atoms with Crippen molar-refractivity contribution in [1.82, 2.24) is 25.0 Å². The van der Waals surface area contributed by atoms with E-state index in [1.165, 1.54) is 11.2 Å². The fourth-order valence-corrected chi connectivity index (χ4v) is 3.59. The minimum Gasteiger partial charge on any atom is -0.324 e. The van der Waals surface area contributed by atoms with Crippen molar-refractivity contribution in [2.75, 3.05) is 36.9 Å². The molecule has 0 aliphatic carbocycles. The summed E-state index contributed by atoms with van der Waals surface area (Å²) in [6, 6.07) is 6.14. The molecule has 2 fully saturated rings. The highest BCUT2D eigenvalue weighted by Crippen LogP contribution is 2.26. The second-order valence-corrected chi connectivity index (χ2v) is 7.00. The Morgan fingerprint density at radius 3 is 2.89 bits per heavy atom. The first-order valence-corrected chi connectivity index (χ1v) is 9.12. The van der Waals surface area contributed by atoms with Crippen LogP contribution in [0.15, 0.2) is 30.6 Å². The van der Waals surface area contributed by atoms with Gasteiger partial charge in [0.15, 0.2) is 0 Å². The first-order chi connectivity index (χ1) is 13.5. The SMILES string of the molecule is CN1CC(=O)N(c2cccc(NC(=O)N3CCC[C@@H](c4ncn[nH]4)C3)c2)C1=O. The van der Waals surface area contributed by atoms with Crippen LogP contribution in [0.2, 0.25) is 0 Å². The van der Waals surface area contributed by atoms with Gasteiger partial charge in [-0.3, -0.25) is 9.89 Å². The van der Waals surface area contributed by atoms with Crippen LogP contribution in [0.1, 0.15) is 24.6 Å². The number of anilines is 2. The largest absolute Gasteiger partial charge is 0.331 e. The van der Waals surface area contributed by atoms with E-state index in [-0.39, 0.29) is 30.4 Å². The molecular weight excluding hydrogens is 362 g/mol. The van der Waals surface area contributed by atoms with Crippen molar-refractivity contribution in [3.63, 3.8) is 0 Å². The maximum Gasteiger partial charge on any atom is 0.331 e. The van der Waals surface area contributed by atoms with Crippen LogP contribution in [0.5, 0.6) is 0 Å². The summed E-state index contributed by atoms with van der Waals surface area (Å²) in [7, 11) is 1.58. The molecule has 4 rings (SSSR count). The monoisotopic (exact) mass is 383 g/mol. The van der Waals surface area contributed by atoms with Crippen LogP contribution in [0.3, 0.4) is 0 Å². The highest BCUT2D eigenvalue weighted by atomic mass is 16.2. The minimum absolute atomic E-state index is 0.0478. The molecular formula is C18H21N7O3. The van der Waals surface area contributed by atoms with E-state index >= 15 is 0 Å². The zero-order chi connectivity index (χ0) is 19.7. The summed E-state index contributed by atoms with van der Waals surface area (Å²) < 4.78 is 0. The van der Waals surface area contributed by atoms with E-state index in [4.69, 9.17) is 0 Å². The second-order valence-electron chi connectivity index (χ2n) is 7.00. The van der Waals surface area contributed by atoms with Crippen molar-refractivity contribution < 1.29 is 14.4 Å². The topological polar surface area (TPSA) is 115 Å². The van der Waals surface area contributed by atoms with Crippen LogP contribution in [0, 0.1) is 0 Å². The third-order valence-electron chi connectivity index (χ3n) is 5.02. The summed E-state index contributed by atoms with van der Waals surface area (Å²) in [6.45, 7) is 1.25. The fraction of sp³-hybridized carbons (Fsp3) is 0.389. The van der Waals surface area contributed by atoms with E-state index < -0.39 is 0 Å². The number of H-pyrrole nitrogens is 1. The molecule has 0 unspecified atom stereocenters. The summed E-state index contributed by atoms with van der Waals surface area (Å²) in [5.74, 6) is 0.625. The van der Waals surface area contributed by atoms with Crippen molar-refractivity contribution >= 4 is 29.3 Å². The Morgan fingerprint density at radius 1 is 1.32 bits per heavy atom. The maximum atomic E-state index is 12.7. The molecule has 1 aromatic heterocycles. The average Bonchev–Trinajstić information content (AvgIpc) is 3.31. The number of carbonyl (C=O) groups is 3. The van der Waals surface area contributed by atoms with Gasteiger partial charge in [-0.15, -0.1) is 0 Å². The van der Waals surface area contributed by atoms with Gasteiger partial charge < -0.3 is 15.1 Å². The number of nitrogens with zero attached hydrogens (tertiary/aromatic N) is 5. The number of benzene rings is 1. The molecule has 146 valence electrons. The number of hydrogen-bond donors (Lipinski definition) is 2. The van der Waals surface area contributed by atoms with Gasteiger partial charge in [-0.1, -0.05) is 6.07 Å². The Balaban J connectivity index is 1.45. The number of amides is 5. The summed E-state index contributed by atoms with van der Waals surface area (Å²) in [5.41, 5.74) is 0.967. The van der Waals surface area contributed by atoms with Crippen LogP contribution in [-0.2, 0) is 4.79 Å². The number of likely N-dealkylation sites (tertiary alicyclic amines) is 1. The van der Waals surface area contributed by atoms with E-state index in [2.05, 4.69) is 20.5 Å². The average molecular weight is 383 g/mol. The Morgan fingerprint density at radius 2 is 2.18 bits per heavy atom.